The maximum Gasteiger partial charge on any atom is 0.190 e. The Balaban J connectivity index is 1.69. The zero-order valence-corrected chi connectivity index (χ0v) is 15.3. The second-order valence-electron chi connectivity index (χ2n) is 5.05. The summed E-state index contributed by atoms with van der Waals surface area (Å²) in [4.78, 5) is 12.3. The molecule has 1 heterocycles. The van der Waals surface area contributed by atoms with Crippen molar-refractivity contribution >= 4 is 49.0 Å². The molecular weight excluding hydrogens is 416 g/mol. The number of fused-ring (bicyclic) bond motifs is 1. The molecule has 2 aromatic rings. The molecule has 3 rings (SSSR count). The van der Waals surface area contributed by atoms with Gasteiger partial charge in [0.05, 0.1) is 13.7 Å². The van der Waals surface area contributed by atoms with Crippen LogP contribution in [-0.2, 0) is 11.2 Å². The van der Waals surface area contributed by atoms with Crippen LogP contribution in [0, 0.1) is 0 Å². The van der Waals surface area contributed by atoms with E-state index >= 15 is 0 Å². The van der Waals surface area contributed by atoms with Gasteiger partial charge in [0, 0.05) is 5.56 Å². The molecule has 0 spiro atoms. The molecule has 1 aromatic carbocycles. The highest BCUT2D eigenvalue weighted by Crippen LogP contribution is 2.34. The highest BCUT2D eigenvalue weighted by Gasteiger charge is 2.22. The van der Waals surface area contributed by atoms with Gasteiger partial charge in [0.1, 0.15) is 6.61 Å². The van der Waals surface area contributed by atoms with Gasteiger partial charge in [-0.25, -0.2) is 0 Å². The van der Waals surface area contributed by atoms with Gasteiger partial charge in [-0.05, 0) is 68.3 Å². The molecule has 1 atom stereocenters. The fourth-order valence-corrected chi connectivity index (χ4v) is 5.52. The number of aryl methyl sites for hydroxylation is 1. The molecule has 0 bridgehead atoms. The maximum atomic E-state index is 12.3. The molecule has 0 saturated carbocycles. The molecule has 110 valence electrons. The predicted octanol–water partition coefficient (Wildman–Crippen LogP) is 5.55. The van der Waals surface area contributed by atoms with Crippen molar-refractivity contribution < 1.29 is 9.53 Å². The van der Waals surface area contributed by atoms with Gasteiger partial charge < -0.3 is 4.74 Å². The van der Waals surface area contributed by atoms with Crippen molar-refractivity contribution in [3.05, 3.63) is 54.6 Å². The normalized spacial score (nSPS) is 17.5. The van der Waals surface area contributed by atoms with Crippen LogP contribution in [0.2, 0.25) is 0 Å². The fraction of sp³-hybridized carbons (Fsp3) is 0.312. The van der Waals surface area contributed by atoms with E-state index in [9.17, 15) is 4.79 Å². The van der Waals surface area contributed by atoms with Crippen molar-refractivity contribution in [2.75, 3.05) is 6.61 Å². The van der Waals surface area contributed by atoms with Crippen LogP contribution in [0.15, 0.2) is 37.9 Å². The highest BCUT2D eigenvalue weighted by molar-refractivity contribution is 9.12. The van der Waals surface area contributed by atoms with Crippen LogP contribution in [0.3, 0.4) is 0 Å². The molecule has 21 heavy (non-hydrogen) atoms. The Morgan fingerprint density at radius 3 is 2.90 bits per heavy atom. The molecule has 2 nitrogen and oxygen atoms in total. The van der Waals surface area contributed by atoms with Crippen LogP contribution in [-0.4, -0.2) is 12.4 Å². The van der Waals surface area contributed by atoms with Crippen LogP contribution in [0.25, 0.3) is 0 Å². The first-order valence-electron chi connectivity index (χ1n) is 6.82. The van der Waals surface area contributed by atoms with Gasteiger partial charge >= 0.3 is 0 Å². The Morgan fingerprint density at radius 2 is 2.14 bits per heavy atom. The van der Waals surface area contributed by atoms with Crippen LogP contribution in [0.4, 0.5) is 0 Å². The number of ether oxygens (including phenoxy) is 1. The third kappa shape index (κ3) is 3.47. The summed E-state index contributed by atoms with van der Waals surface area (Å²) < 4.78 is 7.71. The number of halogens is 2. The summed E-state index contributed by atoms with van der Waals surface area (Å²) in [5, 5.41) is 0. The van der Waals surface area contributed by atoms with E-state index in [4.69, 9.17) is 4.74 Å². The highest BCUT2D eigenvalue weighted by atomic mass is 79.9. The van der Waals surface area contributed by atoms with Crippen molar-refractivity contribution in [2.24, 2.45) is 0 Å². The van der Waals surface area contributed by atoms with E-state index in [1.165, 1.54) is 22.5 Å². The topological polar surface area (TPSA) is 26.3 Å². The minimum absolute atomic E-state index is 0.0203. The summed E-state index contributed by atoms with van der Waals surface area (Å²) in [5.41, 5.74) is 3.28. The van der Waals surface area contributed by atoms with Crippen LogP contribution < -0.4 is 0 Å². The monoisotopic (exact) mass is 428 g/mol. The van der Waals surface area contributed by atoms with Crippen LogP contribution in [0.5, 0.6) is 0 Å². The number of ketones is 1. The summed E-state index contributed by atoms with van der Waals surface area (Å²) in [7, 11) is 0. The van der Waals surface area contributed by atoms with Crippen molar-refractivity contribution in [3.63, 3.8) is 0 Å². The largest absolute Gasteiger partial charge is 0.365 e. The number of thiophene rings is 1. The first-order valence-corrected chi connectivity index (χ1v) is 9.23. The van der Waals surface area contributed by atoms with E-state index in [1.54, 1.807) is 0 Å². The average Bonchev–Trinajstić information content (AvgIpc) is 2.83. The Hall–Kier alpha value is -0.490. The molecule has 1 aliphatic rings. The summed E-state index contributed by atoms with van der Waals surface area (Å²) in [6, 6.07) is 10.2. The maximum absolute atomic E-state index is 12.3. The molecule has 0 saturated heterocycles. The van der Waals surface area contributed by atoms with E-state index in [0.29, 0.717) is 5.56 Å². The molecule has 1 aromatic heterocycles. The van der Waals surface area contributed by atoms with Crippen molar-refractivity contribution in [1.82, 2.24) is 0 Å². The second kappa shape index (κ2) is 6.73. The first-order chi connectivity index (χ1) is 10.1. The van der Waals surface area contributed by atoms with E-state index in [0.717, 1.165) is 26.8 Å². The number of carbonyl (C=O) groups excluding carboxylic acids is 1. The standard InChI is InChI=1S/C16H14Br2O2S/c17-15-8-12(16(18)21-15)13(19)9-20-14-7-3-5-10-4-1-2-6-11(10)14/h1-2,4,6,8,14H,3,5,7,9H2. The fourth-order valence-electron chi connectivity index (χ4n) is 2.67. The predicted molar refractivity (Wildman–Crippen MR) is 92.1 cm³/mol. The molecule has 1 unspecified atom stereocenters. The van der Waals surface area contributed by atoms with Crippen molar-refractivity contribution in [1.29, 1.82) is 0 Å². The Kier molecular flexibility index (Phi) is 4.94. The van der Waals surface area contributed by atoms with E-state index < -0.39 is 0 Å². The number of rotatable bonds is 4. The lowest BCUT2D eigenvalue weighted by Crippen LogP contribution is -2.17. The first kappa shape index (κ1) is 15.4. The molecule has 5 heteroatoms. The molecule has 0 amide bonds. The Labute approximate surface area is 144 Å². The number of Topliss-reactive ketones (excluding diaryl/α,β-unsaturated/α-hetero) is 1. The zero-order chi connectivity index (χ0) is 14.8. The smallest absolute Gasteiger partial charge is 0.190 e. The lowest BCUT2D eigenvalue weighted by molar-refractivity contribution is 0.0372. The third-order valence-corrected chi connectivity index (χ3v) is 6.03. The third-order valence-electron chi connectivity index (χ3n) is 3.69. The van der Waals surface area contributed by atoms with Gasteiger partial charge in [0.15, 0.2) is 5.78 Å². The van der Waals surface area contributed by atoms with E-state index in [1.807, 2.05) is 12.1 Å². The van der Waals surface area contributed by atoms with E-state index in [-0.39, 0.29) is 18.5 Å². The SMILES string of the molecule is O=C(COC1CCCc2ccccc21)c1cc(Br)sc1Br. The van der Waals surface area contributed by atoms with Crippen LogP contribution in [0.1, 0.15) is 40.4 Å². The van der Waals surface area contributed by atoms with Gasteiger partial charge in [-0.3, -0.25) is 4.79 Å². The molecule has 0 aliphatic heterocycles. The summed E-state index contributed by atoms with van der Waals surface area (Å²) in [5.74, 6) is 0.0203. The lowest BCUT2D eigenvalue weighted by Gasteiger charge is -2.25. The molecule has 0 radical (unpaired) electrons. The molecule has 0 N–H and O–H groups in total. The summed E-state index contributed by atoms with van der Waals surface area (Å²) >= 11 is 8.32. The van der Waals surface area contributed by atoms with Gasteiger partial charge in [0.2, 0.25) is 0 Å². The molecule has 1 aliphatic carbocycles. The number of carbonyl (C=O) groups is 1. The second-order valence-corrected chi connectivity index (χ2v) is 8.80. The summed E-state index contributed by atoms with van der Waals surface area (Å²) in [6.07, 6.45) is 3.25. The van der Waals surface area contributed by atoms with Crippen molar-refractivity contribution in [2.45, 2.75) is 25.4 Å². The zero-order valence-electron chi connectivity index (χ0n) is 11.3. The van der Waals surface area contributed by atoms with Gasteiger partial charge in [-0.15, -0.1) is 11.3 Å². The number of hydrogen-bond donors (Lipinski definition) is 0. The average molecular weight is 430 g/mol. The quantitative estimate of drug-likeness (QED) is 0.595. The van der Waals surface area contributed by atoms with E-state index in [2.05, 4.69) is 50.1 Å². The Bertz CT molecular complexity index is 666. The van der Waals surface area contributed by atoms with Gasteiger partial charge in [-0.1, -0.05) is 24.3 Å². The minimum atomic E-state index is 0.0203. The van der Waals surface area contributed by atoms with Gasteiger partial charge in [-0.2, -0.15) is 0 Å². The Morgan fingerprint density at radius 1 is 1.33 bits per heavy atom. The summed E-state index contributed by atoms with van der Waals surface area (Å²) in [6.45, 7) is 0.126. The molecule has 0 fully saturated rings. The van der Waals surface area contributed by atoms with Gasteiger partial charge in [0.25, 0.3) is 0 Å². The van der Waals surface area contributed by atoms with Crippen molar-refractivity contribution in [3.8, 4) is 0 Å². The lowest BCUT2D eigenvalue weighted by atomic mass is 9.89. The molecular formula is C16H14Br2O2S. The van der Waals surface area contributed by atoms with Crippen LogP contribution >= 0.6 is 43.2 Å². The minimum Gasteiger partial charge on any atom is -0.365 e. The number of hydrogen-bond acceptors (Lipinski definition) is 3. The number of benzene rings is 1.